The Morgan fingerprint density at radius 2 is 2.09 bits per heavy atom. The normalized spacial score (nSPS) is 26.9. The van der Waals surface area contributed by atoms with Gasteiger partial charge in [-0.25, -0.2) is 4.79 Å². The van der Waals surface area contributed by atoms with Crippen LogP contribution in [0.4, 0.5) is 0 Å². The maximum atomic E-state index is 12.2. The summed E-state index contributed by atoms with van der Waals surface area (Å²) in [6.07, 6.45) is 5.27. The van der Waals surface area contributed by atoms with Gasteiger partial charge in [-0.15, -0.1) is 11.8 Å². The molecule has 23 heavy (non-hydrogen) atoms. The molecule has 1 amide bonds. The summed E-state index contributed by atoms with van der Waals surface area (Å²) in [5.41, 5.74) is 0.256. The number of thioether (sulfide) groups is 1. The van der Waals surface area contributed by atoms with E-state index in [1.165, 1.54) is 37.4 Å². The Morgan fingerprint density at radius 3 is 2.74 bits per heavy atom. The van der Waals surface area contributed by atoms with Crippen LogP contribution in [0.5, 0.6) is 0 Å². The van der Waals surface area contributed by atoms with E-state index in [2.05, 4.69) is 12.2 Å². The molecule has 2 saturated carbocycles. The van der Waals surface area contributed by atoms with Crippen LogP contribution in [-0.4, -0.2) is 28.8 Å². The van der Waals surface area contributed by atoms with Crippen LogP contribution in [0.2, 0.25) is 0 Å². The van der Waals surface area contributed by atoms with E-state index in [4.69, 9.17) is 5.11 Å². The number of benzene rings is 1. The van der Waals surface area contributed by atoms with E-state index >= 15 is 0 Å². The molecule has 4 nitrogen and oxygen atoms in total. The first kappa shape index (κ1) is 16.4. The molecule has 0 saturated heterocycles. The predicted molar refractivity (Wildman–Crippen MR) is 90.7 cm³/mol. The van der Waals surface area contributed by atoms with Crippen LogP contribution in [0.3, 0.4) is 0 Å². The first-order chi connectivity index (χ1) is 11.0. The fourth-order valence-electron chi connectivity index (χ4n) is 4.22. The molecule has 0 spiro atoms. The lowest BCUT2D eigenvalue weighted by molar-refractivity contribution is -0.119. The van der Waals surface area contributed by atoms with Gasteiger partial charge >= 0.3 is 5.97 Å². The zero-order valence-corrected chi connectivity index (χ0v) is 14.1. The Hall–Kier alpha value is -1.49. The van der Waals surface area contributed by atoms with Crippen LogP contribution < -0.4 is 5.32 Å². The molecule has 5 heteroatoms. The summed E-state index contributed by atoms with van der Waals surface area (Å²) in [6, 6.07) is 7.03. The van der Waals surface area contributed by atoms with Crippen molar-refractivity contribution in [2.24, 2.45) is 17.8 Å². The van der Waals surface area contributed by atoms with Crippen molar-refractivity contribution < 1.29 is 14.7 Å². The fourth-order valence-corrected chi connectivity index (χ4v) is 5.08. The van der Waals surface area contributed by atoms with Gasteiger partial charge < -0.3 is 10.4 Å². The van der Waals surface area contributed by atoms with Crippen molar-refractivity contribution in [3.8, 4) is 0 Å². The van der Waals surface area contributed by atoms with Crippen molar-refractivity contribution in [1.82, 2.24) is 5.32 Å². The highest BCUT2D eigenvalue weighted by atomic mass is 32.2. The highest BCUT2D eigenvalue weighted by Crippen LogP contribution is 2.49. The SMILES string of the molecule is C[C@@H](NC(=O)CSc1ccccc1C(=O)O)[C@H]1C[C@H]2CC[C@H]1C2. The summed E-state index contributed by atoms with van der Waals surface area (Å²) in [5.74, 6) is 1.58. The second kappa shape index (κ2) is 6.95. The average Bonchev–Trinajstić information content (AvgIpc) is 3.16. The molecule has 0 radical (unpaired) electrons. The van der Waals surface area contributed by atoms with Gasteiger partial charge in [-0.3, -0.25) is 4.79 Å². The number of rotatable bonds is 6. The number of hydrogen-bond donors (Lipinski definition) is 2. The van der Waals surface area contributed by atoms with Gasteiger partial charge in [0, 0.05) is 10.9 Å². The Labute approximate surface area is 141 Å². The van der Waals surface area contributed by atoms with E-state index in [1.807, 2.05) is 0 Å². The van der Waals surface area contributed by atoms with Crippen molar-refractivity contribution in [3.63, 3.8) is 0 Å². The molecule has 2 fully saturated rings. The molecule has 0 unspecified atom stereocenters. The van der Waals surface area contributed by atoms with Gasteiger partial charge in [0.25, 0.3) is 0 Å². The van der Waals surface area contributed by atoms with E-state index in [1.54, 1.807) is 24.3 Å². The van der Waals surface area contributed by atoms with Crippen molar-refractivity contribution in [2.75, 3.05) is 5.75 Å². The minimum absolute atomic E-state index is 0.00883. The summed E-state index contributed by atoms with van der Waals surface area (Å²) in [4.78, 5) is 24.0. The molecule has 0 aliphatic heterocycles. The van der Waals surface area contributed by atoms with Gasteiger partial charge in [-0.05, 0) is 56.1 Å². The lowest BCUT2D eigenvalue weighted by Crippen LogP contribution is -2.40. The Bertz CT molecular complexity index is 604. The second-order valence-electron chi connectivity index (χ2n) is 6.78. The number of nitrogens with one attached hydrogen (secondary N) is 1. The number of amides is 1. The van der Waals surface area contributed by atoms with Crippen molar-refractivity contribution >= 4 is 23.6 Å². The molecule has 0 aromatic heterocycles. The summed E-state index contributed by atoms with van der Waals surface area (Å²) in [7, 11) is 0. The summed E-state index contributed by atoms with van der Waals surface area (Å²) >= 11 is 1.29. The van der Waals surface area contributed by atoms with Gasteiger partial charge in [0.15, 0.2) is 0 Å². The maximum absolute atomic E-state index is 12.2. The van der Waals surface area contributed by atoms with Crippen LogP contribution in [0.1, 0.15) is 43.0 Å². The molecule has 2 aliphatic rings. The molecular formula is C18H23NO3S. The van der Waals surface area contributed by atoms with E-state index in [-0.39, 0.29) is 23.3 Å². The molecule has 1 aromatic carbocycles. The largest absolute Gasteiger partial charge is 0.478 e. The third-order valence-electron chi connectivity index (χ3n) is 5.30. The monoisotopic (exact) mass is 333 g/mol. The lowest BCUT2D eigenvalue weighted by atomic mass is 9.84. The van der Waals surface area contributed by atoms with Gasteiger partial charge in [0.2, 0.25) is 5.91 Å². The number of carbonyl (C=O) groups is 2. The van der Waals surface area contributed by atoms with E-state index in [0.29, 0.717) is 10.8 Å². The third-order valence-corrected chi connectivity index (χ3v) is 6.37. The number of fused-ring (bicyclic) bond motifs is 2. The number of hydrogen-bond acceptors (Lipinski definition) is 3. The second-order valence-corrected chi connectivity index (χ2v) is 7.80. The molecule has 4 atom stereocenters. The summed E-state index contributed by atoms with van der Waals surface area (Å²) in [5, 5.41) is 12.3. The van der Waals surface area contributed by atoms with Gasteiger partial charge in [-0.1, -0.05) is 18.6 Å². The molecule has 2 bridgehead atoms. The zero-order valence-electron chi connectivity index (χ0n) is 13.3. The molecular weight excluding hydrogens is 310 g/mol. The van der Waals surface area contributed by atoms with Gasteiger partial charge in [0.1, 0.15) is 0 Å². The van der Waals surface area contributed by atoms with Crippen LogP contribution >= 0.6 is 11.8 Å². The van der Waals surface area contributed by atoms with Crippen LogP contribution in [0.25, 0.3) is 0 Å². The number of carbonyl (C=O) groups excluding carboxylic acids is 1. The highest BCUT2D eigenvalue weighted by molar-refractivity contribution is 8.00. The summed E-state index contributed by atoms with van der Waals surface area (Å²) in [6.45, 7) is 2.11. The van der Waals surface area contributed by atoms with E-state index < -0.39 is 5.97 Å². The van der Waals surface area contributed by atoms with Gasteiger partial charge in [0.05, 0.1) is 11.3 Å². The molecule has 3 rings (SSSR count). The topological polar surface area (TPSA) is 66.4 Å². The molecule has 1 aromatic rings. The average molecular weight is 333 g/mol. The standard InChI is InChI=1S/C18H23NO3S/c1-11(15-9-12-6-7-13(15)8-12)19-17(20)10-23-16-5-3-2-4-14(16)18(21)22/h2-5,11-13,15H,6-10H2,1H3,(H,19,20)(H,21,22)/t11-,12+,13+,15-/m1/s1. The Balaban J connectivity index is 1.51. The van der Waals surface area contributed by atoms with Crippen LogP contribution in [0.15, 0.2) is 29.2 Å². The highest BCUT2D eigenvalue weighted by Gasteiger charge is 2.42. The van der Waals surface area contributed by atoms with E-state index in [9.17, 15) is 9.59 Å². The Morgan fingerprint density at radius 1 is 1.30 bits per heavy atom. The lowest BCUT2D eigenvalue weighted by Gasteiger charge is -2.28. The van der Waals surface area contributed by atoms with Crippen LogP contribution in [-0.2, 0) is 4.79 Å². The third kappa shape index (κ3) is 3.71. The van der Waals surface area contributed by atoms with Crippen molar-refractivity contribution in [1.29, 1.82) is 0 Å². The van der Waals surface area contributed by atoms with Gasteiger partial charge in [-0.2, -0.15) is 0 Å². The Kier molecular flexibility index (Phi) is 4.95. The van der Waals surface area contributed by atoms with Crippen molar-refractivity contribution in [2.45, 2.75) is 43.5 Å². The van der Waals surface area contributed by atoms with E-state index in [0.717, 1.165) is 11.8 Å². The summed E-state index contributed by atoms with van der Waals surface area (Å²) < 4.78 is 0. The smallest absolute Gasteiger partial charge is 0.336 e. The van der Waals surface area contributed by atoms with Crippen molar-refractivity contribution in [3.05, 3.63) is 29.8 Å². The fraction of sp³-hybridized carbons (Fsp3) is 0.556. The predicted octanol–water partition coefficient (Wildman–Crippen LogP) is 3.42. The molecule has 2 aliphatic carbocycles. The number of carboxylic acid groups (broad SMARTS) is 1. The number of aromatic carboxylic acids is 1. The molecule has 0 heterocycles. The minimum Gasteiger partial charge on any atom is -0.478 e. The minimum atomic E-state index is -0.955. The van der Waals surface area contributed by atoms with Crippen LogP contribution in [0, 0.1) is 17.8 Å². The molecule has 124 valence electrons. The zero-order chi connectivity index (χ0) is 16.4. The molecule has 2 N–H and O–H groups in total. The quantitative estimate of drug-likeness (QED) is 0.783. The maximum Gasteiger partial charge on any atom is 0.336 e. The first-order valence-corrected chi connectivity index (χ1v) is 9.27. The first-order valence-electron chi connectivity index (χ1n) is 8.29. The number of carboxylic acids is 1.